The van der Waals surface area contributed by atoms with Crippen molar-refractivity contribution >= 4 is 11.3 Å². The minimum atomic E-state index is -4.12. The van der Waals surface area contributed by atoms with Crippen molar-refractivity contribution in [2.45, 2.75) is 46.3 Å². The first kappa shape index (κ1) is 18.3. The molecule has 0 atom stereocenters. The lowest BCUT2D eigenvalue weighted by atomic mass is 10.2. The average molecular weight is 328 g/mol. The molecule has 1 aromatic rings. The third-order valence-corrected chi connectivity index (χ3v) is 3.75. The summed E-state index contributed by atoms with van der Waals surface area (Å²) in [5, 5.41) is 3.77. The standard InChI is InChI=1S/C13H20F4N2OS/c1-8(2)4-18-5-10-9(3)19-11(21-10)6-20-7-13(16,17)12(14)15/h8,12,18H,4-7H2,1-3H3. The number of ether oxygens (including phenoxy) is 1. The number of nitrogens with zero attached hydrogens (tertiary/aromatic N) is 1. The quantitative estimate of drug-likeness (QED) is 0.703. The molecule has 0 saturated heterocycles. The highest BCUT2D eigenvalue weighted by Crippen LogP contribution is 2.24. The molecule has 0 unspecified atom stereocenters. The van der Waals surface area contributed by atoms with Crippen LogP contribution >= 0.6 is 11.3 Å². The summed E-state index contributed by atoms with van der Waals surface area (Å²) in [5.41, 5.74) is 0.801. The molecule has 1 aromatic heterocycles. The molecule has 0 bridgehead atoms. The fraction of sp³-hybridized carbons (Fsp3) is 0.769. The third-order valence-electron chi connectivity index (χ3n) is 2.61. The van der Waals surface area contributed by atoms with Crippen LogP contribution in [0, 0.1) is 12.8 Å². The fourth-order valence-electron chi connectivity index (χ4n) is 1.53. The highest BCUT2D eigenvalue weighted by atomic mass is 32.1. The molecule has 0 spiro atoms. The van der Waals surface area contributed by atoms with E-state index in [9.17, 15) is 17.6 Å². The molecule has 1 N–H and O–H groups in total. The molecule has 21 heavy (non-hydrogen) atoms. The van der Waals surface area contributed by atoms with Gasteiger partial charge in [-0.15, -0.1) is 11.3 Å². The Balaban J connectivity index is 2.43. The van der Waals surface area contributed by atoms with Gasteiger partial charge in [-0.05, 0) is 19.4 Å². The Bertz CT molecular complexity index is 438. The molecule has 0 aliphatic rings. The molecule has 0 saturated carbocycles. The van der Waals surface area contributed by atoms with Crippen molar-refractivity contribution < 1.29 is 22.3 Å². The number of aryl methyl sites for hydroxylation is 1. The number of rotatable bonds is 9. The monoisotopic (exact) mass is 328 g/mol. The van der Waals surface area contributed by atoms with Crippen LogP contribution in [0.25, 0.3) is 0 Å². The SMILES string of the molecule is Cc1nc(COCC(F)(F)C(F)F)sc1CNCC(C)C. The maximum atomic E-state index is 12.7. The minimum absolute atomic E-state index is 0.183. The van der Waals surface area contributed by atoms with E-state index in [1.807, 2.05) is 6.92 Å². The van der Waals surface area contributed by atoms with Gasteiger partial charge in [-0.25, -0.2) is 13.8 Å². The minimum Gasteiger partial charge on any atom is -0.368 e. The van der Waals surface area contributed by atoms with Gasteiger partial charge in [-0.1, -0.05) is 13.8 Å². The van der Waals surface area contributed by atoms with Gasteiger partial charge < -0.3 is 10.1 Å². The molecule has 0 amide bonds. The normalized spacial score (nSPS) is 12.6. The Morgan fingerprint density at radius 1 is 1.33 bits per heavy atom. The number of hydrogen-bond donors (Lipinski definition) is 1. The van der Waals surface area contributed by atoms with Crippen molar-refractivity contribution in [3.63, 3.8) is 0 Å². The predicted molar refractivity (Wildman–Crippen MR) is 74.0 cm³/mol. The van der Waals surface area contributed by atoms with Gasteiger partial charge in [-0.3, -0.25) is 0 Å². The predicted octanol–water partition coefficient (Wildman–Crippen LogP) is 3.61. The van der Waals surface area contributed by atoms with Crippen molar-refractivity contribution in [2.75, 3.05) is 13.2 Å². The van der Waals surface area contributed by atoms with E-state index in [2.05, 4.69) is 28.9 Å². The number of halogens is 4. The summed E-state index contributed by atoms with van der Waals surface area (Å²) in [6.45, 7) is 6.03. The molecule has 8 heteroatoms. The third kappa shape index (κ3) is 6.27. The van der Waals surface area contributed by atoms with E-state index in [1.165, 1.54) is 11.3 Å². The average Bonchev–Trinajstić information content (AvgIpc) is 2.69. The zero-order chi connectivity index (χ0) is 16.0. The van der Waals surface area contributed by atoms with E-state index in [1.54, 1.807) is 0 Å². The first-order valence-electron chi connectivity index (χ1n) is 6.62. The highest BCUT2D eigenvalue weighted by molar-refractivity contribution is 7.11. The maximum Gasteiger partial charge on any atom is 0.330 e. The van der Waals surface area contributed by atoms with Gasteiger partial charge in [0.2, 0.25) is 0 Å². The number of hydrogen-bond acceptors (Lipinski definition) is 4. The van der Waals surface area contributed by atoms with Crippen LogP contribution in [0.1, 0.15) is 29.4 Å². The fourth-order valence-corrected chi connectivity index (χ4v) is 2.50. The van der Waals surface area contributed by atoms with E-state index in [0.717, 1.165) is 17.1 Å². The van der Waals surface area contributed by atoms with E-state index in [0.29, 0.717) is 17.5 Å². The largest absolute Gasteiger partial charge is 0.368 e. The molecule has 0 aromatic carbocycles. The molecule has 3 nitrogen and oxygen atoms in total. The first-order chi connectivity index (χ1) is 9.72. The van der Waals surface area contributed by atoms with Crippen LogP contribution in [0.3, 0.4) is 0 Å². The van der Waals surface area contributed by atoms with Gasteiger partial charge in [0, 0.05) is 11.4 Å². The number of aromatic nitrogens is 1. The van der Waals surface area contributed by atoms with E-state index >= 15 is 0 Å². The van der Waals surface area contributed by atoms with Crippen LogP contribution in [0.2, 0.25) is 0 Å². The lowest BCUT2D eigenvalue weighted by Gasteiger charge is -2.14. The van der Waals surface area contributed by atoms with E-state index in [-0.39, 0.29) is 6.61 Å². The van der Waals surface area contributed by atoms with E-state index in [4.69, 9.17) is 0 Å². The van der Waals surface area contributed by atoms with Gasteiger partial charge in [0.25, 0.3) is 0 Å². The summed E-state index contributed by atoms with van der Waals surface area (Å²) in [6.07, 6.45) is -3.72. The summed E-state index contributed by atoms with van der Waals surface area (Å²) >= 11 is 1.34. The Morgan fingerprint density at radius 3 is 2.57 bits per heavy atom. The van der Waals surface area contributed by atoms with Crippen LogP contribution in [0.4, 0.5) is 17.6 Å². The summed E-state index contributed by atoms with van der Waals surface area (Å²) in [4.78, 5) is 5.19. The molecule has 0 aliphatic carbocycles. The highest BCUT2D eigenvalue weighted by Gasteiger charge is 2.41. The zero-order valence-corrected chi connectivity index (χ0v) is 13.1. The van der Waals surface area contributed by atoms with Crippen molar-refractivity contribution in [2.24, 2.45) is 5.92 Å². The molecule has 0 radical (unpaired) electrons. The molecular weight excluding hydrogens is 308 g/mol. The van der Waals surface area contributed by atoms with Gasteiger partial charge in [0.05, 0.1) is 12.3 Å². The van der Waals surface area contributed by atoms with Gasteiger partial charge >= 0.3 is 12.3 Å². The Hall–Kier alpha value is -0.730. The maximum absolute atomic E-state index is 12.7. The molecular formula is C13H20F4N2OS. The second kappa shape index (κ2) is 8.05. The summed E-state index contributed by atoms with van der Waals surface area (Å²) in [5.74, 6) is -3.59. The van der Waals surface area contributed by atoms with Crippen molar-refractivity contribution in [1.82, 2.24) is 10.3 Å². The molecule has 1 rings (SSSR count). The van der Waals surface area contributed by atoms with Gasteiger partial charge in [0.1, 0.15) is 11.6 Å². The van der Waals surface area contributed by atoms with E-state index < -0.39 is 19.0 Å². The molecule has 122 valence electrons. The van der Waals surface area contributed by atoms with Crippen LogP contribution in [0.5, 0.6) is 0 Å². The van der Waals surface area contributed by atoms with Crippen LogP contribution in [-0.2, 0) is 17.9 Å². The summed E-state index contributed by atoms with van der Waals surface area (Å²) in [6, 6.07) is 0. The second-order valence-corrected chi connectivity index (χ2v) is 6.36. The molecule has 1 heterocycles. The van der Waals surface area contributed by atoms with Crippen LogP contribution < -0.4 is 5.32 Å². The lowest BCUT2D eigenvalue weighted by Crippen LogP contribution is -2.32. The van der Waals surface area contributed by atoms with Crippen molar-refractivity contribution in [1.29, 1.82) is 0 Å². The Labute approximate surface area is 125 Å². The number of thiazole rings is 1. The topological polar surface area (TPSA) is 34.1 Å². The van der Waals surface area contributed by atoms with Gasteiger partial charge in [0.15, 0.2) is 0 Å². The Kier molecular flexibility index (Phi) is 7.02. The Morgan fingerprint density at radius 2 is 2.00 bits per heavy atom. The van der Waals surface area contributed by atoms with Crippen molar-refractivity contribution in [3.8, 4) is 0 Å². The smallest absolute Gasteiger partial charge is 0.330 e. The summed E-state index contributed by atoms with van der Waals surface area (Å²) < 4.78 is 53.9. The lowest BCUT2D eigenvalue weighted by molar-refractivity contribution is -0.168. The first-order valence-corrected chi connectivity index (χ1v) is 7.43. The van der Waals surface area contributed by atoms with Crippen LogP contribution in [0.15, 0.2) is 0 Å². The molecule has 0 aliphatic heterocycles. The zero-order valence-electron chi connectivity index (χ0n) is 12.3. The molecule has 0 fully saturated rings. The number of nitrogens with one attached hydrogen (secondary N) is 1. The second-order valence-electron chi connectivity index (χ2n) is 5.20. The summed E-state index contributed by atoms with van der Waals surface area (Å²) in [7, 11) is 0. The van der Waals surface area contributed by atoms with Gasteiger partial charge in [-0.2, -0.15) is 8.78 Å². The van der Waals surface area contributed by atoms with Crippen molar-refractivity contribution in [3.05, 3.63) is 15.6 Å². The van der Waals surface area contributed by atoms with Crippen LogP contribution in [-0.4, -0.2) is 30.5 Å². The number of alkyl halides is 4.